The van der Waals surface area contributed by atoms with E-state index in [-0.39, 0.29) is 0 Å². The van der Waals surface area contributed by atoms with Gasteiger partial charge in [-0.1, -0.05) is 25.4 Å². The number of nitrogens with zero attached hydrogens (tertiary/aromatic N) is 1. The lowest BCUT2D eigenvalue weighted by Crippen LogP contribution is -2.23. The van der Waals surface area contributed by atoms with Gasteiger partial charge in [0.1, 0.15) is 0 Å². The van der Waals surface area contributed by atoms with E-state index in [1.54, 1.807) is 18.0 Å². The van der Waals surface area contributed by atoms with Crippen LogP contribution in [0.2, 0.25) is 5.02 Å². The van der Waals surface area contributed by atoms with Crippen LogP contribution >= 0.6 is 23.4 Å². The number of rotatable bonds is 7. The molecule has 0 spiro atoms. The van der Waals surface area contributed by atoms with Crippen LogP contribution in [0.1, 0.15) is 20.3 Å². The number of halogens is 1. The van der Waals surface area contributed by atoms with E-state index in [1.165, 1.54) is 6.42 Å². The molecule has 4 heteroatoms. The largest absolute Gasteiger partial charge is 0.316 e. The average molecular weight is 259 g/mol. The minimum Gasteiger partial charge on any atom is -0.316 e. The van der Waals surface area contributed by atoms with Crippen LogP contribution in [0.5, 0.6) is 0 Å². The topological polar surface area (TPSA) is 24.9 Å². The summed E-state index contributed by atoms with van der Waals surface area (Å²) >= 11 is 7.56. The minimum absolute atomic E-state index is 0.661. The molecule has 90 valence electrons. The standard InChI is InChI=1S/C12H19ClN2S/c1-3-6-14-7-10(2)9-16-12-5-4-11(13)8-15-12/h4-5,8,10,14H,3,6-7,9H2,1-2H3. The van der Waals surface area contributed by atoms with Gasteiger partial charge in [-0.3, -0.25) is 0 Å². The summed E-state index contributed by atoms with van der Waals surface area (Å²) < 4.78 is 0. The zero-order chi connectivity index (χ0) is 11.8. The number of hydrogen-bond acceptors (Lipinski definition) is 3. The molecule has 0 amide bonds. The van der Waals surface area contributed by atoms with E-state index in [1.807, 2.05) is 12.1 Å². The van der Waals surface area contributed by atoms with Crippen molar-refractivity contribution in [2.45, 2.75) is 25.3 Å². The highest BCUT2D eigenvalue weighted by molar-refractivity contribution is 7.99. The fourth-order valence-corrected chi connectivity index (χ4v) is 2.24. The van der Waals surface area contributed by atoms with Crippen LogP contribution in [0, 0.1) is 5.92 Å². The molecule has 0 aliphatic rings. The lowest BCUT2D eigenvalue weighted by Gasteiger charge is -2.11. The van der Waals surface area contributed by atoms with Gasteiger partial charge in [0.25, 0.3) is 0 Å². The van der Waals surface area contributed by atoms with Crippen molar-refractivity contribution in [3.8, 4) is 0 Å². The number of thioether (sulfide) groups is 1. The summed E-state index contributed by atoms with van der Waals surface area (Å²) in [6, 6.07) is 3.86. The Labute approximate surface area is 107 Å². The molecule has 1 rings (SSSR count). The van der Waals surface area contributed by atoms with E-state index in [0.717, 1.165) is 23.9 Å². The van der Waals surface area contributed by atoms with E-state index >= 15 is 0 Å². The van der Waals surface area contributed by atoms with Gasteiger partial charge < -0.3 is 5.32 Å². The van der Waals surface area contributed by atoms with Crippen LogP contribution in [0.25, 0.3) is 0 Å². The van der Waals surface area contributed by atoms with Crippen molar-refractivity contribution in [1.29, 1.82) is 0 Å². The van der Waals surface area contributed by atoms with Crippen molar-refractivity contribution in [3.05, 3.63) is 23.4 Å². The molecule has 0 saturated heterocycles. The van der Waals surface area contributed by atoms with E-state index in [2.05, 4.69) is 24.1 Å². The molecule has 1 aromatic rings. The maximum atomic E-state index is 5.78. The third-order valence-electron chi connectivity index (χ3n) is 2.14. The van der Waals surface area contributed by atoms with Crippen molar-refractivity contribution in [1.82, 2.24) is 10.3 Å². The Morgan fingerprint density at radius 3 is 2.94 bits per heavy atom. The van der Waals surface area contributed by atoms with Gasteiger partial charge in [-0.25, -0.2) is 4.98 Å². The Morgan fingerprint density at radius 1 is 1.50 bits per heavy atom. The zero-order valence-electron chi connectivity index (χ0n) is 9.87. The molecule has 0 radical (unpaired) electrons. The van der Waals surface area contributed by atoms with Crippen molar-refractivity contribution >= 4 is 23.4 Å². The number of nitrogens with one attached hydrogen (secondary N) is 1. The van der Waals surface area contributed by atoms with Gasteiger partial charge in [-0.05, 0) is 37.6 Å². The molecule has 1 heterocycles. The van der Waals surface area contributed by atoms with Gasteiger partial charge in [0.05, 0.1) is 10.0 Å². The Morgan fingerprint density at radius 2 is 2.31 bits per heavy atom. The Kier molecular flexibility index (Phi) is 6.85. The molecule has 2 nitrogen and oxygen atoms in total. The summed E-state index contributed by atoms with van der Waals surface area (Å²) in [5.74, 6) is 1.75. The number of pyridine rings is 1. The molecule has 0 aliphatic heterocycles. The quantitative estimate of drug-likeness (QED) is 0.599. The van der Waals surface area contributed by atoms with Crippen molar-refractivity contribution in [2.24, 2.45) is 5.92 Å². The van der Waals surface area contributed by atoms with Crippen LogP contribution in [0.4, 0.5) is 0 Å². The highest BCUT2D eigenvalue weighted by atomic mass is 35.5. The van der Waals surface area contributed by atoms with Crippen LogP contribution in [-0.4, -0.2) is 23.8 Å². The third-order valence-corrected chi connectivity index (χ3v) is 3.63. The van der Waals surface area contributed by atoms with Gasteiger partial charge in [0.2, 0.25) is 0 Å². The minimum atomic E-state index is 0.661. The fourth-order valence-electron chi connectivity index (χ4n) is 1.26. The maximum absolute atomic E-state index is 5.78. The number of aromatic nitrogens is 1. The molecular formula is C12H19ClN2S. The zero-order valence-corrected chi connectivity index (χ0v) is 11.4. The summed E-state index contributed by atoms with van der Waals surface area (Å²) in [7, 11) is 0. The normalized spacial score (nSPS) is 12.7. The highest BCUT2D eigenvalue weighted by Crippen LogP contribution is 2.19. The molecule has 16 heavy (non-hydrogen) atoms. The van der Waals surface area contributed by atoms with Crippen molar-refractivity contribution in [2.75, 3.05) is 18.8 Å². The first-order valence-electron chi connectivity index (χ1n) is 5.67. The maximum Gasteiger partial charge on any atom is 0.0961 e. The molecule has 0 fully saturated rings. The van der Waals surface area contributed by atoms with Gasteiger partial charge >= 0.3 is 0 Å². The summed E-state index contributed by atoms with van der Waals surface area (Å²) in [6.45, 7) is 6.62. The average Bonchev–Trinajstić information content (AvgIpc) is 2.29. The second kappa shape index (κ2) is 7.93. The molecule has 0 aromatic carbocycles. The lowest BCUT2D eigenvalue weighted by atomic mass is 10.2. The predicted octanol–water partition coefficient (Wildman–Crippen LogP) is 3.46. The van der Waals surface area contributed by atoms with E-state index in [9.17, 15) is 0 Å². The van der Waals surface area contributed by atoms with Crippen LogP contribution in [0.3, 0.4) is 0 Å². The van der Waals surface area contributed by atoms with Crippen LogP contribution in [-0.2, 0) is 0 Å². The molecule has 0 bridgehead atoms. The van der Waals surface area contributed by atoms with Crippen LogP contribution < -0.4 is 5.32 Å². The van der Waals surface area contributed by atoms with Gasteiger partial charge in [-0.15, -0.1) is 11.8 Å². The first-order valence-corrected chi connectivity index (χ1v) is 7.03. The monoisotopic (exact) mass is 258 g/mol. The molecule has 1 aromatic heterocycles. The highest BCUT2D eigenvalue weighted by Gasteiger charge is 2.03. The Balaban J connectivity index is 2.20. The molecule has 0 aliphatic carbocycles. The molecule has 1 N–H and O–H groups in total. The van der Waals surface area contributed by atoms with Crippen molar-refractivity contribution < 1.29 is 0 Å². The second-order valence-electron chi connectivity index (χ2n) is 3.93. The van der Waals surface area contributed by atoms with Gasteiger partial charge in [0, 0.05) is 11.9 Å². The first-order chi connectivity index (χ1) is 7.72. The summed E-state index contributed by atoms with van der Waals surface area (Å²) in [6.07, 6.45) is 2.89. The van der Waals surface area contributed by atoms with E-state index in [0.29, 0.717) is 10.9 Å². The smallest absolute Gasteiger partial charge is 0.0961 e. The molecule has 1 atom stereocenters. The third kappa shape index (κ3) is 5.73. The Bertz CT molecular complexity index is 290. The van der Waals surface area contributed by atoms with Gasteiger partial charge in [0.15, 0.2) is 0 Å². The lowest BCUT2D eigenvalue weighted by molar-refractivity contribution is 0.557. The second-order valence-corrected chi connectivity index (χ2v) is 5.41. The number of hydrogen-bond donors (Lipinski definition) is 1. The molecular weight excluding hydrogens is 240 g/mol. The summed E-state index contributed by atoms with van der Waals surface area (Å²) in [4.78, 5) is 4.26. The summed E-state index contributed by atoms with van der Waals surface area (Å²) in [5.41, 5.74) is 0. The summed E-state index contributed by atoms with van der Waals surface area (Å²) in [5, 5.41) is 5.17. The molecule has 1 unspecified atom stereocenters. The van der Waals surface area contributed by atoms with Crippen LogP contribution in [0.15, 0.2) is 23.4 Å². The Hall–Kier alpha value is -0.250. The first kappa shape index (κ1) is 13.8. The van der Waals surface area contributed by atoms with Gasteiger partial charge in [-0.2, -0.15) is 0 Å². The van der Waals surface area contributed by atoms with Crippen molar-refractivity contribution in [3.63, 3.8) is 0 Å². The van der Waals surface area contributed by atoms with E-state index < -0.39 is 0 Å². The predicted molar refractivity (Wildman–Crippen MR) is 72.3 cm³/mol. The van der Waals surface area contributed by atoms with E-state index in [4.69, 9.17) is 11.6 Å². The fraction of sp³-hybridized carbons (Fsp3) is 0.583. The molecule has 0 saturated carbocycles. The SMILES string of the molecule is CCCNCC(C)CSc1ccc(Cl)cn1.